The molecule has 2 aromatic carbocycles. The van der Waals surface area contributed by atoms with Gasteiger partial charge in [-0.15, -0.1) is 11.3 Å². The van der Waals surface area contributed by atoms with Gasteiger partial charge in [0.25, 0.3) is 5.91 Å². The Labute approximate surface area is 206 Å². The number of ether oxygens (including phenoxy) is 3. The summed E-state index contributed by atoms with van der Waals surface area (Å²) in [5.74, 6) is 0.0343. The first-order chi connectivity index (χ1) is 16.8. The number of rotatable bonds is 10. The summed E-state index contributed by atoms with van der Waals surface area (Å²) in [6.07, 6.45) is -0.182. The fourth-order valence-corrected chi connectivity index (χ4v) is 4.11. The van der Waals surface area contributed by atoms with Crippen molar-refractivity contribution in [1.82, 2.24) is 10.3 Å². The summed E-state index contributed by atoms with van der Waals surface area (Å²) in [4.78, 5) is 40.5. The summed E-state index contributed by atoms with van der Waals surface area (Å²) >= 11 is 1.21. The van der Waals surface area contributed by atoms with Crippen LogP contribution in [0.2, 0.25) is 0 Å². The molecule has 1 atom stereocenters. The maximum Gasteiger partial charge on any atom is 0.312 e. The van der Waals surface area contributed by atoms with E-state index in [0.717, 1.165) is 11.1 Å². The van der Waals surface area contributed by atoms with Gasteiger partial charge in [-0.05, 0) is 36.2 Å². The van der Waals surface area contributed by atoms with E-state index < -0.39 is 30.6 Å². The van der Waals surface area contributed by atoms with Gasteiger partial charge in [0.15, 0.2) is 11.7 Å². The fourth-order valence-electron chi connectivity index (χ4n) is 3.38. The van der Waals surface area contributed by atoms with Crippen LogP contribution in [0.5, 0.6) is 11.5 Å². The monoisotopic (exact) mass is 498 g/mol. The number of primary amides is 1. The second-order valence-electron chi connectivity index (χ2n) is 7.43. The minimum Gasteiger partial charge on any atom is -0.497 e. The Balaban J connectivity index is 1.59. The number of hydrogen-bond acceptors (Lipinski definition) is 8. The molecule has 0 aliphatic heterocycles. The molecule has 0 fully saturated rings. The molecule has 3 aromatic rings. The number of carbonyl (C=O) groups is 3. The first-order valence-corrected chi connectivity index (χ1v) is 11.4. The highest BCUT2D eigenvalue weighted by molar-refractivity contribution is 7.14. The standard InChI is InChI=1S/C24H26N4O6S/c1-14-6-4-5-7-16(14)18(26-23(25)31)11-22(30)34-12-21(29)28-24-27-19(13-35-24)17-10-15(32-2)8-9-20(17)33-3/h4-10,13,18H,11-12H2,1-3H3,(H3,25,26,31)(H,27,28,29). The number of amides is 3. The number of esters is 1. The summed E-state index contributed by atoms with van der Waals surface area (Å²) in [5, 5.41) is 7.25. The Morgan fingerprint density at radius 2 is 1.89 bits per heavy atom. The van der Waals surface area contributed by atoms with Gasteiger partial charge in [-0.2, -0.15) is 0 Å². The third kappa shape index (κ3) is 6.93. The third-order valence-corrected chi connectivity index (χ3v) is 5.81. The summed E-state index contributed by atoms with van der Waals surface area (Å²) in [6, 6.07) is 11.2. The van der Waals surface area contributed by atoms with Crippen LogP contribution in [0.3, 0.4) is 0 Å². The Morgan fingerprint density at radius 1 is 1.11 bits per heavy atom. The van der Waals surface area contributed by atoms with Crippen LogP contribution in [0.1, 0.15) is 23.6 Å². The molecule has 1 unspecified atom stereocenters. The number of urea groups is 1. The Hall–Kier alpha value is -4.12. The lowest BCUT2D eigenvalue weighted by Gasteiger charge is -2.19. The first kappa shape index (κ1) is 25.5. The van der Waals surface area contributed by atoms with Gasteiger partial charge in [0.05, 0.1) is 32.4 Å². The number of anilines is 1. The molecule has 0 saturated carbocycles. The van der Waals surface area contributed by atoms with Crippen LogP contribution in [-0.4, -0.2) is 43.7 Å². The fraction of sp³-hybridized carbons (Fsp3) is 0.250. The number of aromatic nitrogens is 1. The van der Waals surface area contributed by atoms with Gasteiger partial charge < -0.3 is 25.3 Å². The number of nitrogens with zero attached hydrogens (tertiary/aromatic N) is 1. The first-order valence-electron chi connectivity index (χ1n) is 10.6. The van der Waals surface area contributed by atoms with Crippen LogP contribution < -0.4 is 25.8 Å². The number of nitrogens with two attached hydrogens (primary N) is 1. The number of aryl methyl sites for hydroxylation is 1. The molecule has 0 aliphatic rings. The lowest BCUT2D eigenvalue weighted by atomic mass is 9.99. The highest BCUT2D eigenvalue weighted by atomic mass is 32.1. The number of thiazole rings is 1. The summed E-state index contributed by atoms with van der Waals surface area (Å²) in [6.45, 7) is 1.35. The van der Waals surface area contributed by atoms with Crippen LogP contribution in [0.4, 0.5) is 9.93 Å². The van der Waals surface area contributed by atoms with E-state index in [-0.39, 0.29) is 6.42 Å². The molecule has 0 aliphatic carbocycles. The molecule has 35 heavy (non-hydrogen) atoms. The van der Waals surface area contributed by atoms with Crippen molar-refractivity contribution in [2.75, 3.05) is 26.1 Å². The molecular formula is C24H26N4O6S. The average molecular weight is 499 g/mol. The van der Waals surface area contributed by atoms with Gasteiger partial charge in [0.2, 0.25) is 0 Å². The Bertz CT molecular complexity index is 1210. The molecule has 11 heteroatoms. The van der Waals surface area contributed by atoms with Crippen LogP contribution in [0.25, 0.3) is 11.3 Å². The zero-order valence-electron chi connectivity index (χ0n) is 19.5. The molecule has 10 nitrogen and oxygen atoms in total. The quantitative estimate of drug-likeness (QED) is 0.364. The van der Waals surface area contributed by atoms with Crippen LogP contribution >= 0.6 is 11.3 Å². The Kier molecular flexibility index (Phi) is 8.63. The SMILES string of the molecule is COc1ccc(OC)c(-c2csc(NC(=O)COC(=O)CC(NC(N)=O)c3ccccc3C)n2)c1. The van der Waals surface area contributed by atoms with Crippen molar-refractivity contribution in [1.29, 1.82) is 0 Å². The van der Waals surface area contributed by atoms with Gasteiger partial charge in [-0.1, -0.05) is 24.3 Å². The van der Waals surface area contributed by atoms with Crippen molar-refractivity contribution >= 4 is 34.4 Å². The summed E-state index contributed by atoms with van der Waals surface area (Å²) in [7, 11) is 3.12. The molecular weight excluding hydrogens is 472 g/mol. The topological polar surface area (TPSA) is 142 Å². The summed E-state index contributed by atoms with van der Waals surface area (Å²) < 4.78 is 15.7. The maximum atomic E-state index is 12.4. The number of methoxy groups -OCH3 is 2. The zero-order chi connectivity index (χ0) is 25.4. The molecule has 3 amide bonds. The van der Waals surface area contributed by atoms with Gasteiger partial charge in [-0.25, -0.2) is 9.78 Å². The van der Waals surface area contributed by atoms with Crippen molar-refractivity contribution < 1.29 is 28.6 Å². The predicted molar refractivity (Wildman–Crippen MR) is 131 cm³/mol. The molecule has 0 bridgehead atoms. The third-order valence-electron chi connectivity index (χ3n) is 5.05. The molecule has 0 saturated heterocycles. The van der Waals surface area contributed by atoms with E-state index in [1.807, 2.05) is 19.1 Å². The lowest BCUT2D eigenvalue weighted by Crippen LogP contribution is -2.35. The predicted octanol–water partition coefficient (Wildman–Crippen LogP) is 3.42. The van der Waals surface area contributed by atoms with E-state index in [4.69, 9.17) is 19.9 Å². The molecule has 4 N–H and O–H groups in total. The Morgan fingerprint density at radius 3 is 2.57 bits per heavy atom. The van der Waals surface area contributed by atoms with Gasteiger partial charge in [-0.3, -0.25) is 14.9 Å². The normalized spacial score (nSPS) is 11.3. The highest BCUT2D eigenvalue weighted by Gasteiger charge is 2.21. The number of nitrogens with one attached hydrogen (secondary N) is 2. The molecule has 0 spiro atoms. The lowest BCUT2D eigenvalue weighted by molar-refractivity contribution is -0.147. The zero-order valence-corrected chi connectivity index (χ0v) is 20.3. The van der Waals surface area contributed by atoms with E-state index in [2.05, 4.69) is 15.6 Å². The average Bonchev–Trinajstić information content (AvgIpc) is 3.30. The van der Waals surface area contributed by atoms with Crippen molar-refractivity contribution in [2.45, 2.75) is 19.4 Å². The number of benzene rings is 2. The minimum absolute atomic E-state index is 0.182. The van der Waals surface area contributed by atoms with Crippen molar-refractivity contribution in [3.05, 3.63) is 59.0 Å². The molecule has 3 rings (SSSR count). The maximum absolute atomic E-state index is 12.4. The van der Waals surface area contributed by atoms with E-state index >= 15 is 0 Å². The smallest absolute Gasteiger partial charge is 0.312 e. The molecule has 0 radical (unpaired) electrons. The van der Waals surface area contributed by atoms with Crippen LogP contribution in [-0.2, 0) is 14.3 Å². The van der Waals surface area contributed by atoms with Gasteiger partial charge >= 0.3 is 12.0 Å². The summed E-state index contributed by atoms with van der Waals surface area (Å²) in [5.41, 5.74) is 8.17. The van der Waals surface area contributed by atoms with E-state index in [0.29, 0.717) is 27.9 Å². The van der Waals surface area contributed by atoms with E-state index in [1.165, 1.54) is 11.3 Å². The minimum atomic E-state index is -0.768. The number of hydrogen-bond donors (Lipinski definition) is 3. The second kappa shape index (κ2) is 11.8. The van der Waals surface area contributed by atoms with Crippen LogP contribution in [0.15, 0.2) is 47.8 Å². The molecule has 184 valence electrons. The van der Waals surface area contributed by atoms with Gasteiger partial charge in [0.1, 0.15) is 11.5 Å². The van der Waals surface area contributed by atoms with Crippen LogP contribution in [0, 0.1) is 6.92 Å². The molecule has 1 aromatic heterocycles. The number of carbonyl (C=O) groups excluding carboxylic acids is 3. The van der Waals surface area contributed by atoms with Gasteiger partial charge in [0, 0.05) is 10.9 Å². The van der Waals surface area contributed by atoms with Crippen molar-refractivity contribution in [3.8, 4) is 22.8 Å². The van der Waals surface area contributed by atoms with Crippen molar-refractivity contribution in [3.63, 3.8) is 0 Å². The molecule has 1 heterocycles. The second-order valence-corrected chi connectivity index (χ2v) is 8.29. The van der Waals surface area contributed by atoms with E-state index in [9.17, 15) is 14.4 Å². The van der Waals surface area contributed by atoms with Crippen molar-refractivity contribution in [2.24, 2.45) is 5.73 Å². The highest BCUT2D eigenvalue weighted by Crippen LogP contribution is 2.35. The van der Waals surface area contributed by atoms with E-state index in [1.54, 1.807) is 49.9 Å². The largest absolute Gasteiger partial charge is 0.497 e.